The minimum atomic E-state index is -0.459. The van der Waals surface area contributed by atoms with Crippen molar-refractivity contribution in [3.05, 3.63) is 59.4 Å². The van der Waals surface area contributed by atoms with Crippen molar-refractivity contribution in [2.24, 2.45) is 0 Å². The number of rotatable bonds is 13. The van der Waals surface area contributed by atoms with Gasteiger partial charge in [-0.3, -0.25) is 9.59 Å². The molecule has 2 N–H and O–H groups in total. The van der Waals surface area contributed by atoms with Gasteiger partial charge in [-0.05, 0) is 108 Å². The van der Waals surface area contributed by atoms with Crippen LogP contribution in [0.4, 0.5) is 10.5 Å². The lowest BCUT2D eigenvalue weighted by atomic mass is 10.0. The second-order valence-electron chi connectivity index (χ2n) is 13.2. The van der Waals surface area contributed by atoms with Gasteiger partial charge in [-0.1, -0.05) is 38.1 Å². The number of anilines is 1. The highest BCUT2D eigenvalue weighted by molar-refractivity contribution is 5.80. The average Bonchev–Trinajstić information content (AvgIpc) is 3.61. The first kappa shape index (κ1) is 40.5. The molecule has 3 aromatic rings. The van der Waals surface area contributed by atoms with Crippen LogP contribution in [-0.2, 0) is 25.5 Å². The van der Waals surface area contributed by atoms with Crippen molar-refractivity contribution in [2.45, 2.75) is 91.6 Å². The number of nitrogens with zero attached hydrogens (tertiary/aromatic N) is 4. The van der Waals surface area contributed by atoms with Gasteiger partial charge >= 0.3 is 6.09 Å². The van der Waals surface area contributed by atoms with Crippen LogP contribution in [0.3, 0.4) is 0 Å². The lowest BCUT2D eigenvalue weighted by molar-refractivity contribution is -0.122. The molecule has 11 nitrogen and oxygen atoms in total. The van der Waals surface area contributed by atoms with Crippen LogP contribution in [-0.4, -0.2) is 115 Å². The number of ketones is 1. The molecular weight excluding hydrogens is 632 g/mol. The van der Waals surface area contributed by atoms with Crippen LogP contribution in [0.1, 0.15) is 76.0 Å². The number of aryl methyl sites for hydroxylation is 2. The average molecular weight is 693 g/mol. The number of amides is 2. The second kappa shape index (κ2) is 22.0. The third-order valence-corrected chi connectivity index (χ3v) is 9.24. The summed E-state index contributed by atoms with van der Waals surface area (Å²) in [5, 5.41) is 3.17. The number of nitrogens with one attached hydrogen (secondary N) is 2. The molecule has 3 heterocycles. The maximum absolute atomic E-state index is 11.9. The maximum Gasteiger partial charge on any atom is 0.410 e. The molecule has 0 radical (unpaired) electrons. The predicted molar refractivity (Wildman–Crippen MR) is 201 cm³/mol. The Bertz CT molecular complexity index is 1440. The van der Waals surface area contributed by atoms with Crippen molar-refractivity contribution in [1.82, 2.24) is 24.7 Å². The number of para-hydroxylation sites is 1. The SMILES string of the molecule is CCCN(CCC)C1CCOCC1.CNc1ccccc1CCN(C=O)C1CCN(C(=O)OCC(C)=O)CC1.Cc1cc(C)c2nc[nH]c2c1. The molecule has 1 aromatic heterocycles. The van der Waals surface area contributed by atoms with E-state index in [-0.39, 0.29) is 18.4 Å². The third-order valence-electron chi connectivity index (χ3n) is 9.24. The second-order valence-corrected chi connectivity index (χ2v) is 13.2. The fourth-order valence-electron chi connectivity index (χ4n) is 6.70. The maximum atomic E-state index is 11.9. The zero-order valence-corrected chi connectivity index (χ0v) is 31.2. The molecule has 0 bridgehead atoms. The molecule has 0 saturated carbocycles. The summed E-state index contributed by atoms with van der Waals surface area (Å²) in [5.41, 5.74) is 6.96. The van der Waals surface area contributed by atoms with E-state index in [1.54, 1.807) is 11.2 Å². The molecule has 2 saturated heterocycles. The molecule has 0 aliphatic carbocycles. The largest absolute Gasteiger partial charge is 0.441 e. The van der Waals surface area contributed by atoms with Crippen molar-refractivity contribution < 1.29 is 23.9 Å². The fraction of sp³-hybridized carbons (Fsp3) is 0.590. The first-order valence-electron chi connectivity index (χ1n) is 18.3. The van der Waals surface area contributed by atoms with Crippen LogP contribution in [0.25, 0.3) is 11.0 Å². The Labute approximate surface area is 299 Å². The van der Waals surface area contributed by atoms with Crippen LogP contribution < -0.4 is 5.32 Å². The number of piperidine rings is 1. The Morgan fingerprint density at radius 3 is 2.32 bits per heavy atom. The highest BCUT2D eigenvalue weighted by Crippen LogP contribution is 2.20. The van der Waals surface area contributed by atoms with E-state index in [4.69, 9.17) is 9.47 Å². The number of carbonyl (C=O) groups is 3. The van der Waals surface area contributed by atoms with Gasteiger partial charge in [0.25, 0.3) is 0 Å². The summed E-state index contributed by atoms with van der Waals surface area (Å²) >= 11 is 0. The number of likely N-dealkylation sites (tertiary alicyclic amines) is 1. The van der Waals surface area contributed by atoms with Gasteiger partial charge in [0, 0.05) is 57.7 Å². The number of hydrogen-bond donors (Lipinski definition) is 2. The number of aromatic nitrogens is 2. The molecule has 2 aromatic carbocycles. The predicted octanol–water partition coefficient (Wildman–Crippen LogP) is 6.39. The summed E-state index contributed by atoms with van der Waals surface area (Å²) in [7, 11) is 1.89. The Hall–Kier alpha value is -3.96. The minimum Gasteiger partial charge on any atom is -0.441 e. The van der Waals surface area contributed by atoms with Crippen LogP contribution in [0.2, 0.25) is 0 Å². The zero-order valence-electron chi connectivity index (χ0n) is 31.2. The summed E-state index contributed by atoms with van der Waals surface area (Å²) in [6.45, 7) is 16.0. The van der Waals surface area contributed by atoms with Gasteiger partial charge in [-0.25, -0.2) is 9.78 Å². The molecule has 2 amide bonds. The minimum absolute atomic E-state index is 0.117. The van der Waals surface area contributed by atoms with Crippen molar-refractivity contribution in [2.75, 3.05) is 64.9 Å². The van der Waals surface area contributed by atoms with Gasteiger partial charge in [0.15, 0.2) is 12.4 Å². The summed E-state index contributed by atoms with van der Waals surface area (Å²) in [6, 6.07) is 13.2. The standard InChI is InChI=1S/C19H27N3O4.C11H23NO.C9H10N2/c1-15(24)13-26-19(25)21-11-8-17(9-12-21)22(14-23)10-7-16-5-3-4-6-18(16)20-2;1-3-7-12(8-4-2)11-5-9-13-10-6-11;1-6-3-7(2)9-8(4-6)10-5-11-9/h3-6,14,17,20H,7-13H2,1-2H3;11H,3-10H2,1-2H3;3-5H,1-2H3,(H,10,11). The number of H-pyrrole nitrogens is 1. The molecule has 2 aliphatic rings. The Kier molecular flexibility index (Phi) is 17.8. The Balaban J connectivity index is 0.000000232. The summed E-state index contributed by atoms with van der Waals surface area (Å²) in [6.07, 6.45) is 9.39. The van der Waals surface area contributed by atoms with E-state index in [9.17, 15) is 14.4 Å². The Morgan fingerprint density at radius 2 is 1.70 bits per heavy atom. The number of ether oxygens (including phenoxy) is 2. The number of fused-ring (bicyclic) bond motifs is 1. The molecule has 50 heavy (non-hydrogen) atoms. The van der Waals surface area contributed by atoms with E-state index < -0.39 is 6.09 Å². The number of benzene rings is 2. The van der Waals surface area contributed by atoms with Gasteiger partial charge in [-0.15, -0.1) is 0 Å². The number of imidazole rings is 1. The monoisotopic (exact) mass is 692 g/mol. The van der Waals surface area contributed by atoms with E-state index in [1.807, 2.05) is 30.1 Å². The normalized spacial score (nSPS) is 15.1. The summed E-state index contributed by atoms with van der Waals surface area (Å²) in [5.74, 6) is -0.179. The molecule has 0 atom stereocenters. The first-order chi connectivity index (χ1) is 24.2. The lowest BCUT2D eigenvalue weighted by Gasteiger charge is -2.36. The van der Waals surface area contributed by atoms with Gasteiger partial charge in [0.2, 0.25) is 6.41 Å². The number of aromatic amines is 1. The van der Waals surface area contributed by atoms with Crippen molar-refractivity contribution in [1.29, 1.82) is 0 Å². The van der Waals surface area contributed by atoms with Gasteiger partial charge in [-0.2, -0.15) is 0 Å². The van der Waals surface area contributed by atoms with Crippen molar-refractivity contribution in [3.63, 3.8) is 0 Å². The zero-order chi connectivity index (χ0) is 36.3. The highest BCUT2D eigenvalue weighted by Gasteiger charge is 2.27. The molecule has 2 fully saturated rings. The third kappa shape index (κ3) is 13.1. The molecule has 5 rings (SSSR count). The number of carbonyl (C=O) groups excluding carboxylic acids is 3. The van der Waals surface area contributed by atoms with E-state index in [0.29, 0.717) is 32.5 Å². The molecule has 0 spiro atoms. The van der Waals surface area contributed by atoms with Crippen LogP contribution >= 0.6 is 0 Å². The quantitative estimate of drug-likeness (QED) is 0.198. The topological polar surface area (TPSA) is 120 Å². The molecule has 2 aliphatic heterocycles. The first-order valence-corrected chi connectivity index (χ1v) is 18.3. The fourth-order valence-corrected chi connectivity index (χ4v) is 6.70. The van der Waals surface area contributed by atoms with Crippen molar-refractivity contribution in [3.8, 4) is 0 Å². The molecular formula is C39H60N6O5. The van der Waals surface area contributed by atoms with Gasteiger partial charge in [0.05, 0.1) is 17.4 Å². The molecule has 11 heteroatoms. The Morgan fingerprint density at radius 1 is 1.02 bits per heavy atom. The van der Waals surface area contributed by atoms with E-state index in [1.165, 1.54) is 62.4 Å². The van der Waals surface area contributed by atoms with Gasteiger partial charge in [0.1, 0.15) is 0 Å². The van der Waals surface area contributed by atoms with E-state index in [0.717, 1.165) is 48.8 Å². The number of hydrogen-bond acceptors (Lipinski definition) is 8. The van der Waals surface area contributed by atoms with Crippen LogP contribution in [0, 0.1) is 13.8 Å². The lowest BCUT2D eigenvalue weighted by Crippen LogP contribution is -2.47. The highest BCUT2D eigenvalue weighted by atomic mass is 16.6. The van der Waals surface area contributed by atoms with Crippen LogP contribution in [0.15, 0.2) is 42.7 Å². The summed E-state index contributed by atoms with van der Waals surface area (Å²) in [4.78, 5) is 47.7. The number of Topliss-reactive ketones (excluding diaryl/α,β-unsaturated/α-hetero) is 1. The van der Waals surface area contributed by atoms with Crippen molar-refractivity contribution >= 4 is 35.0 Å². The van der Waals surface area contributed by atoms with Crippen LogP contribution in [0.5, 0.6) is 0 Å². The molecule has 0 unspecified atom stereocenters. The van der Waals surface area contributed by atoms with Gasteiger partial charge < -0.3 is 34.5 Å². The van der Waals surface area contributed by atoms with E-state index >= 15 is 0 Å². The summed E-state index contributed by atoms with van der Waals surface area (Å²) < 4.78 is 10.3. The molecule has 276 valence electrons. The van der Waals surface area contributed by atoms with E-state index in [2.05, 4.69) is 66.1 Å². The smallest absolute Gasteiger partial charge is 0.410 e.